The van der Waals surface area contributed by atoms with E-state index in [-0.39, 0.29) is 12.1 Å². The number of nitrogens with one attached hydrogen (secondary N) is 1. The minimum Gasteiger partial charge on any atom is -0.318 e. The first-order valence-corrected chi connectivity index (χ1v) is 11.0. The minimum absolute atomic E-state index is 0.103. The molecule has 0 fully saturated rings. The minimum atomic E-state index is -0.205. The lowest BCUT2D eigenvalue weighted by molar-refractivity contribution is 0.194. The fourth-order valence-corrected chi connectivity index (χ4v) is 4.51. The van der Waals surface area contributed by atoms with Crippen LogP contribution >= 0.6 is 0 Å². The van der Waals surface area contributed by atoms with Crippen LogP contribution in [0, 0.1) is 20.8 Å². The number of urea groups is 1. The van der Waals surface area contributed by atoms with E-state index in [1.165, 1.54) is 5.56 Å². The number of carbonyl (C=O) groups is 1. The molecule has 1 aromatic heterocycles. The van der Waals surface area contributed by atoms with Crippen LogP contribution in [0.2, 0.25) is 0 Å². The maximum Gasteiger partial charge on any atom is 0.322 e. The fourth-order valence-electron chi connectivity index (χ4n) is 4.51. The molecule has 1 N–H and O–H groups in total. The van der Waals surface area contributed by atoms with E-state index in [9.17, 15) is 4.79 Å². The quantitative estimate of drug-likeness (QED) is 0.392. The Hall–Kier alpha value is -3.79. The average molecular weight is 422 g/mol. The summed E-state index contributed by atoms with van der Waals surface area (Å²) in [5.74, 6) is 0. The van der Waals surface area contributed by atoms with Crippen LogP contribution in [0.3, 0.4) is 0 Å². The van der Waals surface area contributed by atoms with Crippen LogP contribution in [0.1, 0.15) is 39.6 Å². The van der Waals surface area contributed by atoms with E-state index in [4.69, 9.17) is 0 Å². The highest BCUT2D eigenvalue weighted by Crippen LogP contribution is 2.37. The number of nitrogens with zero attached hydrogens (tertiary/aromatic N) is 2. The third-order valence-electron chi connectivity index (χ3n) is 6.46. The van der Waals surface area contributed by atoms with Crippen LogP contribution in [0.4, 0.5) is 10.5 Å². The molecule has 4 aromatic rings. The lowest BCUT2D eigenvalue weighted by Gasteiger charge is -2.31. The average Bonchev–Trinajstić information content (AvgIpc) is 3.22. The van der Waals surface area contributed by atoms with Crippen molar-refractivity contribution < 1.29 is 4.79 Å². The molecule has 5 rings (SSSR count). The SMILES string of the molecule is Cc1ccc([C@H]2c3cccn3-c3ccccc3CN2C(=O)Nc2cccc(C)c2C)cc1. The van der Waals surface area contributed by atoms with Crippen molar-refractivity contribution in [3.05, 3.63) is 119 Å². The topological polar surface area (TPSA) is 37.3 Å². The number of hydrogen-bond donors (Lipinski definition) is 1. The second-order valence-corrected chi connectivity index (χ2v) is 8.55. The van der Waals surface area contributed by atoms with Crippen LogP contribution in [0.25, 0.3) is 5.69 Å². The monoisotopic (exact) mass is 421 g/mol. The molecule has 0 saturated heterocycles. The molecule has 0 saturated carbocycles. The van der Waals surface area contributed by atoms with Crippen molar-refractivity contribution >= 4 is 11.7 Å². The lowest BCUT2D eigenvalue weighted by atomic mass is 10.0. The molecule has 2 heterocycles. The van der Waals surface area contributed by atoms with Crippen LogP contribution in [0.15, 0.2) is 85.1 Å². The molecule has 2 amide bonds. The highest BCUT2D eigenvalue weighted by molar-refractivity contribution is 5.91. The van der Waals surface area contributed by atoms with Gasteiger partial charge >= 0.3 is 6.03 Å². The Morgan fingerprint density at radius 1 is 0.875 bits per heavy atom. The van der Waals surface area contributed by atoms with Crippen molar-refractivity contribution in [1.82, 2.24) is 9.47 Å². The molecule has 0 unspecified atom stereocenters. The molecule has 0 bridgehead atoms. The molecule has 1 atom stereocenters. The number of fused-ring (bicyclic) bond motifs is 3. The largest absolute Gasteiger partial charge is 0.322 e. The number of rotatable bonds is 2. The van der Waals surface area contributed by atoms with Gasteiger partial charge in [-0.05, 0) is 67.3 Å². The first kappa shape index (κ1) is 20.1. The summed E-state index contributed by atoms with van der Waals surface area (Å²) in [6, 6.07) is 26.7. The van der Waals surface area contributed by atoms with Crippen LogP contribution in [0.5, 0.6) is 0 Å². The predicted molar refractivity (Wildman–Crippen MR) is 129 cm³/mol. The molecule has 4 heteroatoms. The molecule has 0 spiro atoms. The Kier molecular flexibility index (Phi) is 5.06. The van der Waals surface area contributed by atoms with E-state index in [0.717, 1.165) is 39.3 Å². The number of anilines is 1. The van der Waals surface area contributed by atoms with Gasteiger partial charge in [-0.2, -0.15) is 0 Å². The summed E-state index contributed by atoms with van der Waals surface area (Å²) in [6.07, 6.45) is 2.08. The van der Waals surface area contributed by atoms with Gasteiger partial charge in [0.05, 0.1) is 18.3 Å². The van der Waals surface area contributed by atoms with Gasteiger partial charge in [-0.3, -0.25) is 0 Å². The Morgan fingerprint density at radius 2 is 1.66 bits per heavy atom. The smallest absolute Gasteiger partial charge is 0.318 e. The number of amides is 2. The number of carbonyl (C=O) groups excluding carboxylic acids is 1. The zero-order valence-electron chi connectivity index (χ0n) is 18.7. The number of aromatic nitrogens is 1. The standard InChI is InChI=1S/C28H27N3O/c1-19-13-15-22(16-14-19)27-26-12-7-17-30(26)25-11-5-4-9-23(25)18-31(27)28(32)29-24-10-6-8-20(2)21(24)3/h4-17,27H,18H2,1-3H3,(H,29,32)/t27-/m0/s1. The molecule has 1 aliphatic heterocycles. The first-order chi connectivity index (χ1) is 15.5. The van der Waals surface area contributed by atoms with Crippen molar-refractivity contribution in [3.63, 3.8) is 0 Å². The van der Waals surface area contributed by atoms with E-state index in [1.807, 2.05) is 30.0 Å². The zero-order chi connectivity index (χ0) is 22.2. The van der Waals surface area contributed by atoms with Gasteiger partial charge in [-0.25, -0.2) is 4.79 Å². The summed E-state index contributed by atoms with van der Waals surface area (Å²) in [7, 11) is 0. The molecule has 3 aromatic carbocycles. The summed E-state index contributed by atoms with van der Waals surface area (Å²) in [4.78, 5) is 15.7. The molecule has 4 nitrogen and oxygen atoms in total. The lowest BCUT2D eigenvalue weighted by Crippen LogP contribution is -2.38. The molecular weight excluding hydrogens is 394 g/mol. The van der Waals surface area contributed by atoms with Gasteiger partial charge in [0, 0.05) is 17.6 Å². The molecule has 1 aliphatic rings. The Morgan fingerprint density at radius 3 is 2.47 bits per heavy atom. The van der Waals surface area contributed by atoms with Crippen molar-refractivity contribution in [1.29, 1.82) is 0 Å². The summed E-state index contributed by atoms with van der Waals surface area (Å²) >= 11 is 0. The normalized spacial score (nSPS) is 15.0. The number of hydrogen-bond acceptors (Lipinski definition) is 1. The second-order valence-electron chi connectivity index (χ2n) is 8.55. The van der Waals surface area contributed by atoms with Gasteiger partial charge in [0.2, 0.25) is 0 Å². The Bertz CT molecular complexity index is 1290. The fraction of sp³-hybridized carbons (Fsp3) is 0.179. The zero-order valence-corrected chi connectivity index (χ0v) is 18.7. The Labute approximate surface area is 189 Å². The predicted octanol–water partition coefficient (Wildman–Crippen LogP) is 6.54. The highest BCUT2D eigenvalue weighted by atomic mass is 16.2. The summed E-state index contributed by atoms with van der Waals surface area (Å²) in [6.45, 7) is 6.72. The van der Waals surface area contributed by atoms with Gasteiger partial charge in [0.1, 0.15) is 0 Å². The molecule has 0 aliphatic carbocycles. The second kappa shape index (κ2) is 8.04. The molecule has 0 radical (unpaired) electrons. The van der Waals surface area contributed by atoms with E-state index in [0.29, 0.717) is 6.54 Å². The van der Waals surface area contributed by atoms with Gasteiger partial charge in [0.25, 0.3) is 0 Å². The molecule has 160 valence electrons. The number of aryl methyl sites for hydroxylation is 2. The van der Waals surface area contributed by atoms with Gasteiger partial charge in [0.15, 0.2) is 0 Å². The van der Waals surface area contributed by atoms with Crippen molar-refractivity contribution in [3.8, 4) is 5.69 Å². The van der Waals surface area contributed by atoms with Crippen molar-refractivity contribution in [2.24, 2.45) is 0 Å². The van der Waals surface area contributed by atoms with Crippen LogP contribution in [-0.4, -0.2) is 15.5 Å². The molecular formula is C28H27N3O. The van der Waals surface area contributed by atoms with Gasteiger partial charge in [-0.15, -0.1) is 0 Å². The maximum absolute atomic E-state index is 13.8. The van der Waals surface area contributed by atoms with E-state index in [1.54, 1.807) is 0 Å². The summed E-state index contributed by atoms with van der Waals surface area (Å²) in [5, 5.41) is 3.19. The van der Waals surface area contributed by atoms with E-state index in [2.05, 4.69) is 90.6 Å². The van der Waals surface area contributed by atoms with Gasteiger partial charge < -0.3 is 14.8 Å². The maximum atomic E-state index is 13.8. The van der Waals surface area contributed by atoms with Crippen molar-refractivity contribution in [2.75, 3.05) is 5.32 Å². The van der Waals surface area contributed by atoms with Crippen LogP contribution < -0.4 is 5.32 Å². The summed E-state index contributed by atoms with van der Waals surface area (Å²) < 4.78 is 2.21. The summed E-state index contributed by atoms with van der Waals surface area (Å²) in [5.41, 5.74) is 8.72. The number of para-hydroxylation sites is 1. The number of benzene rings is 3. The van der Waals surface area contributed by atoms with E-state index >= 15 is 0 Å². The third kappa shape index (κ3) is 3.48. The highest BCUT2D eigenvalue weighted by Gasteiger charge is 2.33. The van der Waals surface area contributed by atoms with Gasteiger partial charge in [-0.1, -0.05) is 60.2 Å². The first-order valence-electron chi connectivity index (χ1n) is 11.0. The molecule has 32 heavy (non-hydrogen) atoms. The third-order valence-corrected chi connectivity index (χ3v) is 6.46. The van der Waals surface area contributed by atoms with Crippen LogP contribution in [-0.2, 0) is 6.54 Å². The Balaban J connectivity index is 1.64. The van der Waals surface area contributed by atoms with E-state index < -0.39 is 0 Å². The van der Waals surface area contributed by atoms with Crippen molar-refractivity contribution in [2.45, 2.75) is 33.4 Å².